The van der Waals surface area contributed by atoms with Gasteiger partial charge in [0, 0.05) is 46.0 Å². The lowest BCUT2D eigenvalue weighted by molar-refractivity contribution is -0.118. The number of rotatable bonds is 8. The number of carbonyl (C=O) groups excluding carboxylic acids is 1. The third-order valence-corrected chi connectivity index (χ3v) is 6.87. The smallest absolute Gasteiger partial charge is 0.226 e. The molecule has 6 nitrogen and oxygen atoms in total. The zero-order valence-corrected chi connectivity index (χ0v) is 19.0. The van der Waals surface area contributed by atoms with Gasteiger partial charge in [-0.05, 0) is 43.9 Å². The summed E-state index contributed by atoms with van der Waals surface area (Å²) in [4.78, 5) is 16.5. The van der Waals surface area contributed by atoms with E-state index in [-0.39, 0.29) is 11.8 Å². The second kappa shape index (κ2) is 12.0. The van der Waals surface area contributed by atoms with Gasteiger partial charge in [-0.3, -0.25) is 9.00 Å². The summed E-state index contributed by atoms with van der Waals surface area (Å²) < 4.78 is 12.2. The van der Waals surface area contributed by atoms with Gasteiger partial charge in [-0.15, -0.1) is 0 Å². The van der Waals surface area contributed by atoms with Crippen molar-refractivity contribution in [3.63, 3.8) is 0 Å². The summed E-state index contributed by atoms with van der Waals surface area (Å²) >= 11 is 0. The predicted molar refractivity (Wildman–Crippen MR) is 123 cm³/mol. The van der Waals surface area contributed by atoms with Crippen LogP contribution in [0.25, 0.3) is 0 Å². The number of nitrogens with one attached hydrogen (secondary N) is 3. The molecule has 29 heavy (non-hydrogen) atoms. The van der Waals surface area contributed by atoms with Crippen LogP contribution in [0, 0.1) is 5.92 Å². The monoisotopic (exact) mass is 420 g/mol. The van der Waals surface area contributed by atoms with Crippen LogP contribution in [0.3, 0.4) is 0 Å². The summed E-state index contributed by atoms with van der Waals surface area (Å²) in [7, 11) is -0.726. The van der Waals surface area contributed by atoms with E-state index in [9.17, 15) is 9.00 Å². The van der Waals surface area contributed by atoms with E-state index >= 15 is 0 Å². The van der Waals surface area contributed by atoms with Crippen molar-refractivity contribution in [2.24, 2.45) is 10.9 Å². The average Bonchev–Trinajstić information content (AvgIpc) is 2.72. The summed E-state index contributed by atoms with van der Waals surface area (Å²) in [5.74, 6) is 1.52. The van der Waals surface area contributed by atoms with Crippen LogP contribution in [0.15, 0.2) is 29.3 Å². The minimum absolute atomic E-state index is 0.0178. The summed E-state index contributed by atoms with van der Waals surface area (Å²) in [6.07, 6.45) is 4.20. The van der Waals surface area contributed by atoms with Crippen LogP contribution < -0.4 is 16.0 Å². The molecule has 162 valence electrons. The Morgan fingerprint density at radius 2 is 1.93 bits per heavy atom. The van der Waals surface area contributed by atoms with Crippen LogP contribution in [0.4, 0.5) is 5.69 Å². The first kappa shape index (κ1) is 23.4. The van der Waals surface area contributed by atoms with Crippen molar-refractivity contribution in [1.29, 1.82) is 0 Å². The Kier molecular flexibility index (Phi) is 9.64. The van der Waals surface area contributed by atoms with Gasteiger partial charge in [0.25, 0.3) is 0 Å². The van der Waals surface area contributed by atoms with Crippen LogP contribution >= 0.6 is 0 Å². The summed E-state index contributed by atoms with van der Waals surface area (Å²) in [6, 6.07) is 8.12. The molecule has 0 aromatic heterocycles. The standard InChI is InChI=1S/C22H36N4O2S/c1-5-23-22(26-19-8-7-9-20(14-19)29(28)6-2)24-15-17-10-12-18(13-11-17)25-21(27)16(3)4/h10-13,16,19-20H,5-9,14-15H2,1-4H3,(H,25,27)(H2,23,24,26). The number of amides is 1. The van der Waals surface area contributed by atoms with Gasteiger partial charge in [0.15, 0.2) is 5.96 Å². The van der Waals surface area contributed by atoms with Crippen molar-refractivity contribution in [2.45, 2.75) is 71.2 Å². The summed E-state index contributed by atoms with van der Waals surface area (Å²) in [6.45, 7) is 9.16. The maximum absolute atomic E-state index is 12.2. The normalized spacial score (nSPS) is 20.9. The number of benzene rings is 1. The summed E-state index contributed by atoms with van der Waals surface area (Å²) in [5, 5.41) is 10.0. The SMILES string of the molecule is CCNC(=NCc1ccc(NC(=O)C(C)C)cc1)NC1CCCC(S(=O)CC)C1. The Bertz CT molecular complexity index is 703. The lowest BCUT2D eigenvalue weighted by Gasteiger charge is -2.30. The van der Waals surface area contributed by atoms with Gasteiger partial charge in [0.05, 0.1) is 6.54 Å². The van der Waals surface area contributed by atoms with Crippen LogP contribution in [-0.2, 0) is 22.1 Å². The van der Waals surface area contributed by atoms with Crippen LogP contribution in [0.2, 0.25) is 0 Å². The summed E-state index contributed by atoms with van der Waals surface area (Å²) in [5.41, 5.74) is 1.89. The highest BCUT2D eigenvalue weighted by Gasteiger charge is 2.26. The molecule has 0 aliphatic heterocycles. The number of nitrogens with zero attached hydrogens (tertiary/aromatic N) is 1. The number of aliphatic imine (C=N–C) groups is 1. The van der Waals surface area contributed by atoms with E-state index in [0.29, 0.717) is 17.8 Å². The van der Waals surface area contributed by atoms with E-state index < -0.39 is 10.8 Å². The van der Waals surface area contributed by atoms with Gasteiger partial charge < -0.3 is 16.0 Å². The quantitative estimate of drug-likeness (QED) is 0.445. The Morgan fingerprint density at radius 3 is 2.55 bits per heavy atom. The van der Waals surface area contributed by atoms with Crippen molar-refractivity contribution in [2.75, 3.05) is 17.6 Å². The molecule has 1 amide bonds. The molecule has 1 aliphatic carbocycles. The van der Waals surface area contributed by atoms with Gasteiger partial charge in [-0.25, -0.2) is 4.99 Å². The van der Waals surface area contributed by atoms with E-state index in [1.54, 1.807) is 0 Å². The van der Waals surface area contributed by atoms with Gasteiger partial charge in [-0.1, -0.05) is 39.3 Å². The fraction of sp³-hybridized carbons (Fsp3) is 0.636. The Hall–Kier alpha value is -1.89. The molecule has 1 saturated carbocycles. The molecule has 0 saturated heterocycles. The van der Waals surface area contributed by atoms with Gasteiger partial charge in [0.2, 0.25) is 5.91 Å². The molecule has 1 fully saturated rings. The van der Waals surface area contributed by atoms with Crippen molar-refractivity contribution >= 4 is 28.4 Å². The van der Waals surface area contributed by atoms with Crippen molar-refractivity contribution in [1.82, 2.24) is 10.6 Å². The second-order valence-electron chi connectivity index (χ2n) is 7.84. The molecular formula is C22H36N4O2S. The highest BCUT2D eigenvalue weighted by Crippen LogP contribution is 2.23. The number of guanidine groups is 1. The molecule has 3 atom stereocenters. The van der Waals surface area contributed by atoms with E-state index in [0.717, 1.165) is 55.2 Å². The topological polar surface area (TPSA) is 82.6 Å². The van der Waals surface area contributed by atoms with Crippen molar-refractivity contribution in [3.8, 4) is 0 Å². The average molecular weight is 421 g/mol. The minimum atomic E-state index is -0.726. The zero-order chi connectivity index (χ0) is 21.2. The fourth-order valence-corrected chi connectivity index (χ4v) is 4.76. The molecule has 3 unspecified atom stereocenters. The molecule has 1 aliphatic rings. The van der Waals surface area contributed by atoms with Crippen molar-refractivity contribution in [3.05, 3.63) is 29.8 Å². The zero-order valence-electron chi connectivity index (χ0n) is 18.2. The molecule has 0 spiro atoms. The molecule has 2 rings (SSSR count). The largest absolute Gasteiger partial charge is 0.357 e. The maximum Gasteiger partial charge on any atom is 0.226 e. The van der Waals surface area contributed by atoms with Gasteiger partial charge in [0.1, 0.15) is 0 Å². The molecule has 7 heteroatoms. The number of carbonyl (C=O) groups is 1. The Labute approximate surface area is 177 Å². The highest BCUT2D eigenvalue weighted by molar-refractivity contribution is 7.85. The number of hydrogen-bond donors (Lipinski definition) is 3. The van der Waals surface area contributed by atoms with Crippen LogP contribution in [-0.4, -0.2) is 39.7 Å². The van der Waals surface area contributed by atoms with Crippen LogP contribution in [0.1, 0.15) is 58.9 Å². The van der Waals surface area contributed by atoms with E-state index in [2.05, 4.69) is 22.9 Å². The van der Waals surface area contributed by atoms with Crippen LogP contribution in [0.5, 0.6) is 0 Å². The first-order chi connectivity index (χ1) is 13.9. The van der Waals surface area contributed by atoms with E-state index in [4.69, 9.17) is 4.99 Å². The molecule has 0 heterocycles. The van der Waals surface area contributed by atoms with E-state index in [1.165, 1.54) is 0 Å². The third kappa shape index (κ3) is 7.80. The Balaban J connectivity index is 1.94. The lowest BCUT2D eigenvalue weighted by atomic mass is 9.95. The minimum Gasteiger partial charge on any atom is -0.357 e. The van der Waals surface area contributed by atoms with Crippen molar-refractivity contribution < 1.29 is 9.00 Å². The molecule has 1 aromatic carbocycles. The Morgan fingerprint density at radius 1 is 1.21 bits per heavy atom. The maximum atomic E-state index is 12.2. The predicted octanol–water partition coefficient (Wildman–Crippen LogP) is 3.42. The molecule has 1 aromatic rings. The number of anilines is 1. The first-order valence-electron chi connectivity index (χ1n) is 10.7. The highest BCUT2D eigenvalue weighted by atomic mass is 32.2. The van der Waals surface area contributed by atoms with Gasteiger partial charge >= 0.3 is 0 Å². The molecular weight excluding hydrogens is 384 g/mol. The first-order valence-corrected chi connectivity index (χ1v) is 12.1. The number of hydrogen-bond acceptors (Lipinski definition) is 3. The van der Waals surface area contributed by atoms with Gasteiger partial charge in [-0.2, -0.15) is 0 Å². The fourth-order valence-electron chi connectivity index (χ4n) is 3.41. The van der Waals surface area contributed by atoms with E-state index in [1.807, 2.05) is 45.0 Å². The molecule has 3 N–H and O–H groups in total. The molecule has 0 bridgehead atoms. The second-order valence-corrected chi connectivity index (χ2v) is 9.84. The lowest BCUT2D eigenvalue weighted by Crippen LogP contribution is -2.46. The third-order valence-electron chi connectivity index (χ3n) is 5.13. The molecule has 0 radical (unpaired) electrons.